The van der Waals surface area contributed by atoms with Crippen LogP contribution in [0.5, 0.6) is 0 Å². The van der Waals surface area contributed by atoms with Crippen molar-refractivity contribution in [3.63, 3.8) is 0 Å². The molecule has 0 aliphatic rings. The molecule has 0 spiro atoms. The van der Waals surface area contributed by atoms with Gasteiger partial charge in [0.25, 0.3) is 0 Å². The summed E-state index contributed by atoms with van der Waals surface area (Å²) in [6.45, 7) is 0. The Labute approximate surface area is 136 Å². The summed E-state index contributed by atoms with van der Waals surface area (Å²) in [5, 5.41) is 14.3. The zero-order valence-corrected chi connectivity index (χ0v) is 12.5. The zero-order chi connectivity index (χ0) is 15.6. The normalized spacial score (nSPS) is 10.8. The molecule has 0 aliphatic heterocycles. The van der Waals surface area contributed by atoms with Crippen molar-refractivity contribution in [3.05, 3.63) is 60.3 Å². The number of nitrogens with zero attached hydrogens (tertiary/aromatic N) is 6. The third kappa shape index (κ3) is 2.58. The quantitative estimate of drug-likeness (QED) is 0.626. The highest BCUT2D eigenvalue weighted by atomic mass is 35.5. The molecule has 0 amide bonds. The number of benzene rings is 1. The van der Waals surface area contributed by atoms with Crippen LogP contribution in [0.3, 0.4) is 0 Å². The highest BCUT2D eigenvalue weighted by Crippen LogP contribution is 2.31. The molecular weight excluding hydrogens is 314 g/mol. The molecule has 0 saturated carbocycles. The average molecular weight is 324 g/mol. The number of tetrazole rings is 1. The molecular formula is C15H10ClN7. The Morgan fingerprint density at radius 3 is 2.65 bits per heavy atom. The number of rotatable bonds is 3. The van der Waals surface area contributed by atoms with Crippen LogP contribution in [0.15, 0.2) is 55.2 Å². The minimum atomic E-state index is 0.576. The zero-order valence-electron chi connectivity index (χ0n) is 11.8. The van der Waals surface area contributed by atoms with Crippen molar-refractivity contribution in [1.82, 2.24) is 35.2 Å². The first-order valence-electron chi connectivity index (χ1n) is 6.80. The summed E-state index contributed by atoms with van der Waals surface area (Å²) in [5.74, 6) is 1.37. The third-order valence-electron chi connectivity index (χ3n) is 3.42. The Kier molecular flexibility index (Phi) is 3.32. The lowest BCUT2D eigenvalue weighted by molar-refractivity contribution is 0.881. The van der Waals surface area contributed by atoms with Crippen molar-refractivity contribution in [1.29, 1.82) is 0 Å². The van der Waals surface area contributed by atoms with Crippen LogP contribution in [0.2, 0.25) is 5.02 Å². The van der Waals surface area contributed by atoms with Gasteiger partial charge < -0.3 is 0 Å². The van der Waals surface area contributed by atoms with Crippen molar-refractivity contribution in [3.8, 4) is 28.3 Å². The van der Waals surface area contributed by atoms with Gasteiger partial charge in [-0.25, -0.2) is 15.1 Å². The van der Waals surface area contributed by atoms with E-state index in [1.807, 2.05) is 41.1 Å². The highest BCUT2D eigenvalue weighted by Gasteiger charge is 2.09. The number of H-pyrrole nitrogens is 1. The Morgan fingerprint density at radius 1 is 1.09 bits per heavy atom. The number of hydrogen-bond acceptors (Lipinski definition) is 5. The van der Waals surface area contributed by atoms with E-state index < -0.39 is 0 Å². The summed E-state index contributed by atoms with van der Waals surface area (Å²) in [4.78, 5) is 8.45. The van der Waals surface area contributed by atoms with Crippen LogP contribution < -0.4 is 0 Å². The van der Waals surface area contributed by atoms with E-state index in [0.29, 0.717) is 10.8 Å². The summed E-state index contributed by atoms with van der Waals surface area (Å²) < 4.78 is 1.84. The van der Waals surface area contributed by atoms with E-state index in [-0.39, 0.29) is 0 Å². The van der Waals surface area contributed by atoms with Crippen molar-refractivity contribution in [2.24, 2.45) is 0 Å². The molecule has 112 valence electrons. The second-order valence-corrected chi connectivity index (χ2v) is 5.23. The van der Waals surface area contributed by atoms with Crippen LogP contribution in [0.1, 0.15) is 0 Å². The predicted molar refractivity (Wildman–Crippen MR) is 85.0 cm³/mol. The lowest BCUT2D eigenvalue weighted by Crippen LogP contribution is -1.94. The molecule has 0 unspecified atom stereocenters. The maximum absolute atomic E-state index is 6.39. The largest absolute Gasteiger partial charge is 0.291 e. The number of pyridine rings is 1. The monoisotopic (exact) mass is 323 g/mol. The topological polar surface area (TPSA) is 85.2 Å². The van der Waals surface area contributed by atoms with Gasteiger partial charge in [0.05, 0.1) is 0 Å². The maximum Gasteiger partial charge on any atom is 0.179 e. The molecule has 0 atom stereocenters. The molecule has 0 radical (unpaired) electrons. The number of aromatic amines is 1. The van der Waals surface area contributed by atoms with Crippen molar-refractivity contribution in [2.45, 2.75) is 0 Å². The lowest BCUT2D eigenvalue weighted by atomic mass is 10.1. The summed E-state index contributed by atoms with van der Waals surface area (Å²) in [5.41, 5.74) is 2.65. The van der Waals surface area contributed by atoms with E-state index in [4.69, 9.17) is 11.6 Å². The second-order valence-electron chi connectivity index (χ2n) is 4.82. The van der Waals surface area contributed by atoms with Gasteiger partial charge in [0.15, 0.2) is 5.82 Å². The van der Waals surface area contributed by atoms with Gasteiger partial charge in [-0.2, -0.15) is 0 Å². The molecule has 3 heterocycles. The van der Waals surface area contributed by atoms with Gasteiger partial charge in [-0.3, -0.25) is 4.57 Å². The summed E-state index contributed by atoms with van der Waals surface area (Å²) in [6, 6.07) is 9.55. The number of hydrogen-bond donors (Lipinski definition) is 1. The molecule has 0 fully saturated rings. The van der Waals surface area contributed by atoms with E-state index in [1.165, 1.54) is 0 Å². The molecule has 4 aromatic rings. The SMILES string of the molecule is Clc1cc(-c2nnn[nH]2)ccc1-c1ccc(-n2ccnc2)nc1. The molecule has 0 bridgehead atoms. The molecule has 0 aliphatic carbocycles. The van der Waals surface area contributed by atoms with Gasteiger partial charge in [-0.05, 0) is 28.6 Å². The molecule has 0 saturated heterocycles. The Hall–Kier alpha value is -3.06. The van der Waals surface area contributed by atoms with Crippen molar-refractivity contribution in [2.75, 3.05) is 0 Å². The summed E-state index contributed by atoms with van der Waals surface area (Å²) in [6.07, 6.45) is 7.04. The van der Waals surface area contributed by atoms with Crippen molar-refractivity contribution < 1.29 is 0 Å². The smallest absolute Gasteiger partial charge is 0.179 e. The first-order chi connectivity index (χ1) is 11.3. The van der Waals surface area contributed by atoms with E-state index in [0.717, 1.165) is 22.5 Å². The molecule has 4 rings (SSSR count). The van der Waals surface area contributed by atoms with Crippen LogP contribution in [-0.2, 0) is 0 Å². The van der Waals surface area contributed by atoms with E-state index in [1.54, 1.807) is 18.7 Å². The van der Waals surface area contributed by atoms with E-state index in [9.17, 15) is 0 Å². The van der Waals surface area contributed by atoms with Crippen LogP contribution in [0, 0.1) is 0 Å². The summed E-state index contributed by atoms with van der Waals surface area (Å²) in [7, 11) is 0. The van der Waals surface area contributed by atoms with Crippen LogP contribution in [0.25, 0.3) is 28.3 Å². The van der Waals surface area contributed by atoms with E-state index in [2.05, 4.69) is 30.6 Å². The Balaban J connectivity index is 1.68. The first-order valence-corrected chi connectivity index (χ1v) is 7.17. The van der Waals surface area contributed by atoms with Crippen LogP contribution in [0.4, 0.5) is 0 Å². The van der Waals surface area contributed by atoms with Crippen LogP contribution >= 0.6 is 11.6 Å². The third-order valence-corrected chi connectivity index (χ3v) is 3.73. The number of halogens is 1. The first kappa shape index (κ1) is 13.6. The summed E-state index contributed by atoms with van der Waals surface area (Å²) >= 11 is 6.39. The van der Waals surface area contributed by atoms with Gasteiger partial charge in [-0.15, -0.1) is 5.10 Å². The van der Waals surface area contributed by atoms with E-state index >= 15 is 0 Å². The molecule has 3 aromatic heterocycles. The standard InChI is InChI=1S/C15H10ClN7/c16-13-7-10(15-19-21-22-20-15)1-3-12(13)11-2-4-14(18-8-11)23-6-5-17-9-23/h1-9H,(H,19,20,21,22). The highest BCUT2D eigenvalue weighted by molar-refractivity contribution is 6.33. The van der Waals surface area contributed by atoms with Gasteiger partial charge in [0.1, 0.15) is 12.1 Å². The minimum Gasteiger partial charge on any atom is -0.291 e. The Morgan fingerprint density at radius 2 is 2.00 bits per heavy atom. The predicted octanol–water partition coefficient (Wildman–Crippen LogP) is 2.77. The fourth-order valence-electron chi connectivity index (χ4n) is 2.27. The molecule has 1 aromatic carbocycles. The minimum absolute atomic E-state index is 0.576. The number of imidazole rings is 1. The molecule has 1 N–H and O–H groups in total. The second kappa shape index (κ2) is 5.62. The fourth-order valence-corrected chi connectivity index (χ4v) is 2.56. The molecule has 7 nitrogen and oxygen atoms in total. The average Bonchev–Trinajstić information content (AvgIpc) is 3.29. The number of nitrogens with one attached hydrogen (secondary N) is 1. The van der Waals surface area contributed by atoms with Gasteiger partial charge in [-0.1, -0.05) is 23.7 Å². The maximum atomic E-state index is 6.39. The lowest BCUT2D eigenvalue weighted by Gasteiger charge is -2.07. The molecule has 23 heavy (non-hydrogen) atoms. The van der Waals surface area contributed by atoms with Gasteiger partial charge in [0, 0.05) is 40.3 Å². The van der Waals surface area contributed by atoms with Crippen molar-refractivity contribution >= 4 is 11.6 Å². The van der Waals surface area contributed by atoms with Crippen LogP contribution in [-0.4, -0.2) is 35.2 Å². The number of aromatic nitrogens is 7. The Bertz CT molecular complexity index is 915. The van der Waals surface area contributed by atoms with Gasteiger partial charge >= 0.3 is 0 Å². The molecule has 8 heteroatoms. The fraction of sp³-hybridized carbons (Fsp3) is 0. The van der Waals surface area contributed by atoms with Gasteiger partial charge in [0.2, 0.25) is 0 Å².